The Kier molecular flexibility index (Phi) is 3.22. The van der Waals surface area contributed by atoms with Crippen LogP contribution in [0.1, 0.15) is 39.0 Å². The maximum absolute atomic E-state index is 13.0. The molecule has 116 valence electrons. The van der Waals surface area contributed by atoms with Gasteiger partial charge in [0.2, 0.25) is 11.8 Å². The molecule has 4 aliphatic rings. The minimum Gasteiger partial charge on any atom is -0.393 e. The van der Waals surface area contributed by atoms with E-state index in [1.165, 1.54) is 0 Å². The molecule has 0 aromatic rings. The zero-order chi connectivity index (χ0) is 15.6. The molecular weight excluding hydrogens is 279 g/mol. The molecule has 2 amide bonds. The zero-order valence-corrected chi connectivity index (χ0v) is 12.8. The van der Waals surface area contributed by atoms with Crippen LogP contribution in [0.5, 0.6) is 0 Å². The highest BCUT2D eigenvalue weighted by atomic mass is 16.3. The number of nitrogens with zero attached hydrogens (tertiary/aromatic N) is 2. The summed E-state index contributed by atoms with van der Waals surface area (Å²) in [4.78, 5) is 30.8. The van der Waals surface area contributed by atoms with Gasteiger partial charge in [-0.15, -0.1) is 0 Å². The van der Waals surface area contributed by atoms with Gasteiger partial charge in [-0.25, -0.2) is 0 Å². The standard InChI is InChI=1S/C16H21BN2O3/c1-7-13(17)15(21)18-14-10-5-3-8-2-4-9(20)6-11(8)12(10)16(22)19(7)14/h7-13,20H,2-6H2,1H3/t7-,8?,9?,10?,11?,12?,13+/m1/s1. The highest BCUT2D eigenvalue weighted by Gasteiger charge is 2.57. The van der Waals surface area contributed by atoms with Gasteiger partial charge >= 0.3 is 0 Å². The Morgan fingerprint density at radius 1 is 1.23 bits per heavy atom. The number of aliphatic imine (C=N–C) groups is 1. The number of hydrogen-bond donors (Lipinski definition) is 1. The lowest BCUT2D eigenvalue weighted by Gasteiger charge is -2.42. The molecule has 0 bridgehead atoms. The van der Waals surface area contributed by atoms with Gasteiger partial charge in [0.1, 0.15) is 5.84 Å². The monoisotopic (exact) mass is 300 g/mol. The van der Waals surface area contributed by atoms with Gasteiger partial charge in [-0.2, -0.15) is 4.99 Å². The fraction of sp³-hybridized carbons (Fsp3) is 0.812. The van der Waals surface area contributed by atoms with Crippen molar-refractivity contribution in [2.75, 3.05) is 0 Å². The van der Waals surface area contributed by atoms with Gasteiger partial charge in [-0.3, -0.25) is 14.5 Å². The molecule has 0 spiro atoms. The van der Waals surface area contributed by atoms with E-state index >= 15 is 0 Å². The number of aliphatic hydroxyl groups excluding tert-OH is 1. The number of carbonyl (C=O) groups is 2. The van der Waals surface area contributed by atoms with Crippen LogP contribution in [0.4, 0.5) is 0 Å². The topological polar surface area (TPSA) is 70.0 Å². The Balaban J connectivity index is 1.72. The van der Waals surface area contributed by atoms with Crippen molar-refractivity contribution in [3.8, 4) is 0 Å². The Morgan fingerprint density at radius 3 is 2.73 bits per heavy atom. The third kappa shape index (κ3) is 1.85. The van der Waals surface area contributed by atoms with E-state index in [1.54, 1.807) is 4.90 Å². The van der Waals surface area contributed by atoms with Crippen molar-refractivity contribution in [1.82, 2.24) is 4.90 Å². The molecule has 0 aromatic heterocycles. The molecular formula is C16H21BN2O3. The minimum absolute atomic E-state index is 0.0398. The van der Waals surface area contributed by atoms with Gasteiger partial charge in [0.05, 0.1) is 19.9 Å². The predicted molar refractivity (Wildman–Crippen MR) is 81.3 cm³/mol. The Bertz CT molecular complexity index is 564. The number of amidine groups is 1. The van der Waals surface area contributed by atoms with Crippen molar-refractivity contribution < 1.29 is 14.7 Å². The predicted octanol–water partition coefficient (Wildman–Crippen LogP) is 0.916. The average Bonchev–Trinajstić information content (AvgIpc) is 2.78. The van der Waals surface area contributed by atoms with Gasteiger partial charge in [-0.05, 0) is 50.9 Å². The van der Waals surface area contributed by atoms with Crippen LogP contribution < -0.4 is 0 Å². The van der Waals surface area contributed by atoms with Crippen LogP contribution in [0.25, 0.3) is 0 Å². The molecule has 2 radical (unpaired) electrons. The van der Waals surface area contributed by atoms with Gasteiger partial charge in [-0.1, -0.05) is 0 Å². The molecule has 2 aliphatic carbocycles. The Hall–Kier alpha value is -1.17. The van der Waals surface area contributed by atoms with Gasteiger partial charge in [0.15, 0.2) is 0 Å². The second-order valence-corrected chi connectivity index (χ2v) is 7.38. The summed E-state index contributed by atoms with van der Waals surface area (Å²) in [7, 11) is 5.89. The molecule has 22 heavy (non-hydrogen) atoms. The molecule has 6 heteroatoms. The van der Waals surface area contributed by atoms with Crippen LogP contribution in [0.2, 0.25) is 5.82 Å². The first-order valence-electron chi connectivity index (χ1n) is 8.38. The highest BCUT2D eigenvalue weighted by molar-refractivity contribution is 6.28. The number of fused-ring (bicyclic) bond motifs is 5. The molecule has 1 saturated heterocycles. The molecule has 5 unspecified atom stereocenters. The molecule has 2 saturated carbocycles. The average molecular weight is 300 g/mol. The van der Waals surface area contributed by atoms with Crippen LogP contribution in [-0.2, 0) is 9.59 Å². The number of hydrogen-bond acceptors (Lipinski definition) is 3. The minimum atomic E-state index is -0.722. The second kappa shape index (κ2) is 4.92. The van der Waals surface area contributed by atoms with Crippen LogP contribution >= 0.6 is 0 Å². The van der Waals surface area contributed by atoms with Crippen LogP contribution in [-0.4, -0.2) is 47.6 Å². The van der Waals surface area contributed by atoms with E-state index < -0.39 is 5.82 Å². The number of rotatable bonds is 0. The first kappa shape index (κ1) is 14.4. The van der Waals surface area contributed by atoms with E-state index in [4.69, 9.17) is 7.85 Å². The summed E-state index contributed by atoms with van der Waals surface area (Å²) in [6.07, 6.45) is 4.23. The summed E-state index contributed by atoms with van der Waals surface area (Å²) in [5.41, 5.74) is 0. The normalized spacial score (nSPS) is 47.6. The molecule has 5 nitrogen and oxygen atoms in total. The quantitative estimate of drug-likeness (QED) is 0.676. The fourth-order valence-electron chi connectivity index (χ4n) is 5.11. The molecule has 3 fully saturated rings. The number of aliphatic hydroxyl groups is 1. The van der Waals surface area contributed by atoms with Gasteiger partial charge in [0, 0.05) is 17.8 Å². The van der Waals surface area contributed by atoms with E-state index in [0.717, 1.165) is 25.7 Å². The molecule has 2 heterocycles. The number of carbonyl (C=O) groups excluding carboxylic acids is 2. The van der Waals surface area contributed by atoms with Gasteiger partial charge < -0.3 is 5.11 Å². The Labute approximate surface area is 131 Å². The summed E-state index contributed by atoms with van der Waals surface area (Å²) in [5, 5.41) is 10.0. The Morgan fingerprint density at radius 2 is 1.95 bits per heavy atom. The van der Waals surface area contributed by atoms with Crippen molar-refractivity contribution in [2.24, 2.45) is 28.7 Å². The zero-order valence-electron chi connectivity index (χ0n) is 12.8. The van der Waals surface area contributed by atoms with Crippen molar-refractivity contribution in [3.05, 3.63) is 0 Å². The third-order valence-electron chi connectivity index (χ3n) is 6.30. The lowest BCUT2D eigenvalue weighted by atomic mass is 9.61. The summed E-state index contributed by atoms with van der Waals surface area (Å²) in [6.45, 7) is 1.83. The van der Waals surface area contributed by atoms with E-state index in [9.17, 15) is 14.7 Å². The summed E-state index contributed by atoms with van der Waals surface area (Å²) >= 11 is 0. The third-order valence-corrected chi connectivity index (χ3v) is 6.30. The van der Waals surface area contributed by atoms with E-state index in [-0.39, 0.29) is 41.7 Å². The first-order valence-corrected chi connectivity index (χ1v) is 8.38. The smallest absolute Gasteiger partial charge is 0.243 e. The number of amides is 2. The van der Waals surface area contributed by atoms with Crippen LogP contribution in [0.3, 0.4) is 0 Å². The van der Waals surface area contributed by atoms with Gasteiger partial charge in [0.25, 0.3) is 0 Å². The maximum Gasteiger partial charge on any atom is 0.243 e. The van der Waals surface area contributed by atoms with Crippen LogP contribution in [0.15, 0.2) is 4.99 Å². The van der Waals surface area contributed by atoms with Crippen molar-refractivity contribution >= 4 is 25.5 Å². The molecule has 7 atom stereocenters. The van der Waals surface area contributed by atoms with Crippen molar-refractivity contribution in [1.29, 1.82) is 0 Å². The molecule has 2 aliphatic heterocycles. The van der Waals surface area contributed by atoms with E-state index in [1.807, 2.05) is 6.92 Å². The summed E-state index contributed by atoms with van der Waals surface area (Å²) < 4.78 is 0. The molecule has 4 rings (SSSR count). The SMILES string of the molecule is [B][C@@H]1C(=O)N=C2C3CCC4CCC(O)CC4C3C(=O)N2[C@@H]1C. The van der Waals surface area contributed by atoms with Crippen molar-refractivity contribution in [2.45, 2.75) is 57.0 Å². The lowest BCUT2D eigenvalue weighted by Crippen LogP contribution is -2.47. The maximum atomic E-state index is 13.0. The fourth-order valence-corrected chi connectivity index (χ4v) is 5.11. The second-order valence-electron chi connectivity index (χ2n) is 7.38. The van der Waals surface area contributed by atoms with Crippen molar-refractivity contribution in [3.63, 3.8) is 0 Å². The van der Waals surface area contributed by atoms with E-state index in [0.29, 0.717) is 18.2 Å². The molecule has 1 N–H and O–H groups in total. The molecule has 0 aromatic carbocycles. The van der Waals surface area contributed by atoms with Crippen LogP contribution in [0, 0.1) is 23.7 Å². The van der Waals surface area contributed by atoms with E-state index in [2.05, 4.69) is 4.99 Å². The summed E-state index contributed by atoms with van der Waals surface area (Å²) in [6, 6.07) is -0.315. The summed E-state index contributed by atoms with van der Waals surface area (Å²) in [5.74, 6) is 0.359. The lowest BCUT2D eigenvalue weighted by molar-refractivity contribution is -0.136. The highest BCUT2D eigenvalue weighted by Crippen LogP contribution is 2.51. The first-order chi connectivity index (χ1) is 10.5. The largest absolute Gasteiger partial charge is 0.393 e.